The first kappa shape index (κ1) is 31.1. The second-order valence-electron chi connectivity index (χ2n) is 12.0. The van der Waals surface area contributed by atoms with E-state index < -0.39 is 6.17 Å². The van der Waals surface area contributed by atoms with Gasteiger partial charge in [0.15, 0.2) is 0 Å². The average Bonchev–Trinajstić information content (AvgIpc) is 3.41. The van der Waals surface area contributed by atoms with Crippen molar-refractivity contribution in [2.75, 3.05) is 25.4 Å². The lowest BCUT2D eigenvalue weighted by molar-refractivity contribution is 0.171. The molecule has 2 heterocycles. The number of rotatable bonds is 8. The summed E-state index contributed by atoms with van der Waals surface area (Å²) in [5, 5.41) is 12.0. The van der Waals surface area contributed by atoms with E-state index in [4.69, 9.17) is 11.1 Å². The summed E-state index contributed by atoms with van der Waals surface area (Å²) in [5.41, 5.74) is 18.8. The third kappa shape index (κ3) is 8.58. The quantitative estimate of drug-likeness (QED) is 0.194. The van der Waals surface area contributed by atoms with E-state index in [9.17, 15) is 4.39 Å². The van der Waals surface area contributed by atoms with E-state index in [0.29, 0.717) is 17.3 Å². The molecule has 0 saturated carbocycles. The van der Waals surface area contributed by atoms with E-state index in [1.54, 1.807) is 6.08 Å². The first-order valence-corrected chi connectivity index (χ1v) is 15.3. The minimum atomic E-state index is -0.776. The van der Waals surface area contributed by atoms with Gasteiger partial charge in [-0.2, -0.15) is 0 Å². The molecule has 3 aliphatic rings. The number of nitrogens with two attached hydrogens (primary N) is 1. The highest BCUT2D eigenvalue weighted by Gasteiger charge is 2.27. The van der Waals surface area contributed by atoms with E-state index in [2.05, 4.69) is 60.0 Å². The molecule has 7 heteroatoms. The van der Waals surface area contributed by atoms with Crippen LogP contribution in [0.15, 0.2) is 66.3 Å². The highest BCUT2D eigenvalue weighted by molar-refractivity contribution is 6.13. The molecule has 6 nitrogen and oxygen atoms in total. The van der Waals surface area contributed by atoms with Crippen molar-refractivity contribution in [2.45, 2.75) is 78.3 Å². The Bertz CT molecular complexity index is 1200. The molecule has 0 aromatic heterocycles. The van der Waals surface area contributed by atoms with Crippen LogP contribution in [0, 0.1) is 17.2 Å². The summed E-state index contributed by atoms with van der Waals surface area (Å²) < 4.78 is 13.9. The normalized spacial score (nSPS) is 24.6. The van der Waals surface area contributed by atoms with Crippen LogP contribution in [0.4, 0.5) is 10.1 Å². The van der Waals surface area contributed by atoms with Crippen molar-refractivity contribution in [3.8, 4) is 0 Å². The molecule has 0 radical (unpaired) electrons. The molecule has 2 saturated heterocycles. The van der Waals surface area contributed by atoms with Gasteiger partial charge in [0.05, 0.1) is 18.0 Å². The molecule has 1 aliphatic carbocycles. The molecule has 2 fully saturated rings. The molecule has 2 aromatic rings. The van der Waals surface area contributed by atoms with E-state index in [0.717, 1.165) is 49.2 Å². The molecule has 0 bridgehead atoms. The van der Waals surface area contributed by atoms with Crippen molar-refractivity contribution in [1.29, 1.82) is 5.41 Å². The van der Waals surface area contributed by atoms with Crippen molar-refractivity contribution in [1.82, 2.24) is 21.1 Å². The number of nitrogen functional groups attached to an aromatic ring is 1. The Hall–Kier alpha value is -2.84. The molecule has 41 heavy (non-hydrogen) atoms. The van der Waals surface area contributed by atoms with Gasteiger partial charge in [-0.25, -0.2) is 15.2 Å². The molecular formula is C34H49FN6. The molecule has 4 unspecified atom stereocenters. The Balaban J connectivity index is 0.000000208. The predicted molar refractivity (Wildman–Crippen MR) is 170 cm³/mol. The summed E-state index contributed by atoms with van der Waals surface area (Å²) in [6.45, 7) is 11.8. The number of nitrogens with one attached hydrogen (secondary N) is 4. The van der Waals surface area contributed by atoms with Gasteiger partial charge in [-0.05, 0) is 74.9 Å². The van der Waals surface area contributed by atoms with Crippen LogP contribution in [0.3, 0.4) is 0 Å². The number of hydrazine groups is 1. The predicted octanol–water partition coefficient (Wildman–Crippen LogP) is 6.26. The van der Waals surface area contributed by atoms with Crippen LogP contribution < -0.4 is 21.9 Å². The fourth-order valence-corrected chi connectivity index (χ4v) is 5.89. The summed E-state index contributed by atoms with van der Waals surface area (Å²) in [5.74, 6) is 0.730. The lowest BCUT2D eigenvalue weighted by Gasteiger charge is -2.33. The lowest BCUT2D eigenvalue weighted by atomic mass is 9.87. The van der Waals surface area contributed by atoms with E-state index in [1.165, 1.54) is 30.4 Å². The summed E-state index contributed by atoms with van der Waals surface area (Å²) >= 11 is 0. The number of anilines is 1. The maximum Gasteiger partial charge on any atom is 0.126 e. The molecule has 2 aromatic carbocycles. The molecule has 222 valence electrons. The van der Waals surface area contributed by atoms with Crippen LogP contribution in [0.5, 0.6) is 0 Å². The van der Waals surface area contributed by atoms with Crippen LogP contribution in [-0.4, -0.2) is 42.6 Å². The third-order valence-corrected chi connectivity index (χ3v) is 8.21. The first-order valence-electron chi connectivity index (χ1n) is 15.3. The average molecular weight is 561 g/mol. The summed E-state index contributed by atoms with van der Waals surface area (Å²) in [6, 6.07) is 14.1. The van der Waals surface area contributed by atoms with Crippen molar-refractivity contribution >= 4 is 11.4 Å². The summed E-state index contributed by atoms with van der Waals surface area (Å²) in [4.78, 5) is 2.43. The molecule has 0 spiro atoms. The van der Waals surface area contributed by atoms with E-state index >= 15 is 0 Å². The van der Waals surface area contributed by atoms with Gasteiger partial charge in [-0.15, -0.1) is 0 Å². The standard InChI is InChI=1S/C20H27N5.C14H22FN/c1-12(2)10-14-4-6-15(7-5-14)19(22)17-11-16(8-9-18(17)21)20-23-13(3)24-25-20;1-2-12-7-6-8-14(15)13(12)11-16-9-4-3-5-10-16/h4-9,11-13,20,22-25H,10,21H2,1-3H3;6-8,13-14H,2-5,9-11H2,1H3. The van der Waals surface area contributed by atoms with Gasteiger partial charge in [0.1, 0.15) is 6.17 Å². The fraction of sp³-hybridized carbons (Fsp3) is 0.500. The third-order valence-electron chi connectivity index (χ3n) is 8.21. The highest BCUT2D eigenvalue weighted by atomic mass is 19.1. The number of hydrogen-bond acceptors (Lipinski definition) is 6. The number of piperidine rings is 1. The molecule has 4 atom stereocenters. The fourth-order valence-electron chi connectivity index (χ4n) is 5.89. The zero-order valence-corrected chi connectivity index (χ0v) is 25.2. The van der Waals surface area contributed by atoms with Crippen molar-refractivity contribution in [2.24, 2.45) is 11.8 Å². The highest BCUT2D eigenvalue weighted by Crippen LogP contribution is 2.28. The van der Waals surface area contributed by atoms with Crippen LogP contribution >= 0.6 is 0 Å². The minimum absolute atomic E-state index is 0.00979. The maximum atomic E-state index is 13.9. The molecule has 6 N–H and O–H groups in total. The number of allylic oxidation sites excluding steroid dienone is 3. The zero-order chi connectivity index (χ0) is 29.4. The number of alkyl halides is 1. The van der Waals surface area contributed by atoms with Gasteiger partial charge < -0.3 is 10.6 Å². The Morgan fingerprint density at radius 2 is 1.80 bits per heavy atom. The Morgan fingerprint density at radius 1 is 1.07 bits per heavy atom. The number of hydrogen-bond donors (Lipinski definition) is 5. The van der Waals surface area contributed by atoms with Gasteiger partial charge >= 0.3 is 0 Å². The minimum Gasteiger partial charge on any atom is -0.398 e. The van der Waals surface area contributed by atoms with Crippen LogP contribution in [0.2, 0.25) is 0 Å². The second kappa shape index (κ2) is 14.9. The number of benzene rings is 2. The van der Waals surface area contributed by atoms with Crippen LogP contribution in [0.25, 0.3) is 0 Å². The van der Waals surface area contributed by atoms with Gasteiger partial charge in [-0.3, -0.25) is 10.7 Å². The van der Waals surface area contributed by atoms with Gasteiger partial charge in [0, 0.05) is 29.3 Å². The van der Waals surface area contributed by atoms with Crippen molar-refractivity contribution in [3.05, 3.63) is 88.5 Å². The molecule has 0 amide bonds. The van der Waals surface area contributed by atoms with Gasteiger partial charge in [0.2, 0.25) is 0 Å². The zero-order valence-electron chi connectivity index (χ0n) is 25.2. The van der Waals surface area contributed by atoms with E-state index in [1.807, 2.05) is 43.3 Å². The van der Waals surface area contributed by atoms with Crippen LogP contribution in [-0.2, 0) is 6.42 Å². The smallest absolute Gasteiger partial charge is 0.126 e. The number of likely N-dealkylation sites (tertiary alicyclic amines) is 1. The number of halogens is 1. The lowest BCUT2D eigenvalue weighted by Crippen LogP contribution is -2.38. The largest absolute Gasteiger partial charge is 0.398 e. The summed E-state index contributed by atoms with van der Waals surface area (Å²) in [6.07, 6.45) is 11.0. The molecule has 2 aliphatic heterocycles. The van der Waals surface area contributed by atoms with Crippen LogP contribution in [0.1, 0.15) is 81.8 Å². The van der Waals surface area contributed by atoms with E-state index in [-0.39, 0.29) is 18.2 Å². The van der Waals surface area contributed by atoms with Gasteiger partial charge in [0.25, 0.3) is 0 Å². The van der Waals surface area contributed by atoms with Crippen molar-refractivity contribution in [3.63, 3.8) is 0 Å². The Labute approximate surface area is 246 Å². The Morgan fingerprint density at radius 3 is 2.44 bits per heavy atom. The van der Waals surface area contributed by atoms with Gasteiger partial charge in [-0.1, -0.05) is 81.3 Å². The maximum absolute atomic E-state index is 13.9. The topological polar surface area (TPSA) is 89.2 Å². The monoisotopic (exact) mass is 560 g/mol. The second-order valence-corrected chi connectivity index (χ2v) is 12.0. The summed E-state index contributed by atoms with van der Waals surface area (Å²) in [7, 11) is 0. The molecule has 5 rings (SSSR count). The Kier molecular flexibility index (Phi) is 11.3. The van der Waals surface area contributed by atoms with Crippen molar-refractivity contribution < 1.29 is 4.39 Å². The molecular weight excluding hydrogens is 511 g/mol. The first-order chi connectivity index (χ1) is 19.7. The SMILES string of the molecule is CC(C)Cc1ccc(C(=N)c2cc(C3NNC(C)N3)ccc2N)cc1.CCC1=CC=CC(F)C1CN1CCCCC1. The number of nitrogens with zero attached hydrogens (tertiary/aromatic N) is 1.